The van der Waals surface area contributed by atoms with Gasteiger partial charge in [0.15, 0.2) is 11.6 Å². The monoisotopic (exact) mass is 290 g/mol. The molecule has 1 N–H and O–H groups in total. The maximum Gasteiger partial charge on any atom is 0.272 e. The number of hydrogen-bond donors (Lipinski definition) is 1. The maximum absolute atomic E-state index is 13.8. The lowest BCUT2D eigenvalue weighted by Gasteiger charge is -2.12. The zero-order chi connectivity index (χ0) is 15.4. The van der Waals surface area contributed by atoms with Gasteiger partial charge >= 0.3 is 0 Å². The highest BCUT2D eigenvalue weighted by molar-refractivity contribution is 5.41. The Balaban J connectivity index is 2.24. The third kappa shape index (κ3) is 3.55. The Morgan fingerprint density at radius 2 is 2.05 bits per heavy atom. The number of non-ortho nitro benzene ring substituents is 1. The van der Waals surface area contributed by atoms with E-state index in [2.05, 4.69) is 5.32 Å². The van der Waals surface area contributed by atoms with Crippen LogP contribution in [0.3, 0.4) is 0 Å². The van der Waals surface area contributed by atoms with Gasteiger partial charge in [0.25, 0.3) is 5.69 Å². The Kier molecular flexibility index (Phi) is 4.49. The predicted molar refractivity (Wildman–Crippen MR) is 77.0 cm³/mol. The summed E-state index contributed by atoms with van der Waals surface area (Å²) in [6, 6.07) is 10.7. The molecule has 2 aromatic rings. The largest absolute Gasteiger partial charge is 0.454 e. The molecule has 0 aliphatic heterocycles. The van der Waals surface area contributed by atoms with E-state index in [1.54, 1.807) is 12.1 Å². The van der Waals surface area contributed by atoms with Crippen LogP contribution in [0.2, 0.25) is 0 Å². The minimum atomic E-state index is -0.767. The normalized spacial score (nSPS) is 12.0. The van der Waals surface area contributed by atoms with Crippen LogP contribution in [-0.2, 0) is 0 Å². The van der Waals surface area contributed by atoms with Gasteiger partial charge in [-0.2, -0.15) is 0 Å². The highest BCUT2D eigenvalue weighted by atomic mass is 19.1. The summed E-state index contributed by atoms with van der Waals surface area (Å²) in [4.78, 5) is 9.92. The molecule has 0 saturated heterocycles. The van der Waals surface area contributed by atoms with Crippen molar-refractivity contribution in [3.63, 3.8) is 0 Å². The molecule has 1 unspecified atom stereocenters. The topological polar surface area (TPSA) is 64.4 Å². The second-order valence-corrected chi connectivity index (χ2v) is 4.56. The number of nitro benzene ring substituents is 1. The minimum Gasteiger partial charge on any atom is -0.454 e. The molecule has 0 saturated carbocycles. The number of rotatable bonds is 5. The third-order valence-corrected chi connectivity index (χ3v) is 3.15. The summed E-state index contributed by atoms with van der Waals surface area (Å²) in [7, 11) is 1.84. The lowest BCUT2D eigenvalue weighted by molar-refractivity contribution is -0.385. The Hall–Kier alpha value is -2.47. The van der Waals surface area contributed by atoms with Crippen LogP contribution < -0.4 is 10.1 Å². The van der Waals surface area contributed by atoms with Crippen LogP contribution >= 0.6 is 0 Å². The van der Waals surface area contributed by atoms with Crippen molar-refractivity contribution in [2.24, 2.45) is 0 Å². The van der Waals surface area contributed by atoms with Crippen molar-refractivity contribution in [3.05, 3.63) is 64.0 Å². The molecule has 0 aliphatic carbocycles. The van der Waals surface area contributed by atoms with Crippen molar-refractivity contribution in [3.8, 4) is 11.5 Å². The first-order valence-electron chi connectivity index (χ1n) is 6.40. The van der Waals surface area contributed by atoms with Gasteiger partial charge in [0.05, 0.1) is 11.0 Å². The molecule has 21 heavy (non-hydrogen) atoms. The molecule has 6 heteroatoms. The van der Waals surface area contributed by atoms with Crippen LogP contribution in [0.15, 0.2) is 42.5 Å². The number of nitro groups is 1. The van der Waals surface area contributed by atoms with Crippen molar-refractivity contribution < 1.29 is 14.1 Å². The zero-order valence-electron chi connectivity index (χ0n) is 11.7. The molecule has 110 valence electrons. The fraction of sp³-hybridized carbons (Fsp3) is 0.200. The molecule has 2 rings (SSSR count). The van der Waals surface area contributed by atoms with E-state index in [0.717, 1.165) is 11.6 Å². The van der Waals surface area contributed by atoms with E-state index >= 15 is 0 Å². The van der Waals surface area contributed by atoms with E-state index in [-0.39, 0.29) is 17.5 Å². The Morgan fingerprint density at radius 1 is 1.29 bits per heavy atom. The van der Waals surface area contributed by atoms with Crippen molar-refractivity contribution in [2.75, 3.05) is 7.05 Å². The van der Waals surface area contributed by atoms with Crippen LogP contribution in [0.25, 0.3) is 0 Å². The molecule has 0 aromatic heterocycles. The minimum absolute atomic E-state index is 0.0464. The van der Waals surface area contributed by atoms with Gasteiger partial charge in [-0.05, 0) is 37.7 Å². The number of nitrogens with one attached hydrogen (secondary N) is 1. The number of hydrogen-bond acceptors (Lipinski definition) is 4. The number of nitrogens with zero attached hydrogens (tertiary/aromatic N) is 1. The molecule has 0 heterocycles. The van der Waals surface area contributed by atoms with E-state index in [9.17, 15) is 14.5 Å². The second-order valence-electron chi connectivity index (χ2n) is 4.56. The Bertz CT molecular complexity index is 661. The third-order valence-electron chi connectivity index (χ3n) is 3.15. The van der Waals surface area contributed by atoms with Gasteiger partial charge in [-0.15, -0.1) is 0 Å². The molecule has 0 radical (unpaired) electrons. The summed E-state index contributed by atoms with van der Waals surface area (Å²) in [6.45, 7) is 1.99. The standard InChI is InChI=1S/C15H15FN2O3/c1-10(17-2)11-4-3-5-13(8-11)21-15-7-6-12(18(19)20)9-14(15)16/h3-10,17H,1-2H3. The van der Waals surface area contributed by atoms with Crippen LogP contribution in [0.5, 0.6) is 11.5 Å². The van der Waals surface area contributed by atoms with Crippen LogP contribution in [0.4, 0.5) is 10.1 Å². The Labute approximate surface area is 121 Å². The molecule has 0 bridgehead atoms. The molecule has 0 amide bonds. The van der Waals surface area contributed by atoms with Crippen molar-refractivity contribution in [2.45, 2.75) is 13.0 Å². The van der Waals surface area contributed by atoms with Gasteiger partial charge in [-0.3, -0.25) is 10.1 Å². The number of ether oxygens (including phenoxy) is 1. The fourth-order valence-electron chi connectivity index (χ4n) is 1.83. The number of halogens is 1. The van der Waals surface area contributed by atoms with Crippen LogP contribution in [-0.4, -0.2) is 12.0 Å². The van der Waals surface area contributed by atoms with Crippen molar-refractivity contribution in [1.29, 1.82) is 0 Å². The first kappa shape index (κ1) is 14.9. The molecule has 0 fully saturated rings. The lowest BCUT2D eigenvalue weighted by atomic mass is 10.1. The summed E-state index contributed by atoms with van der Waals surface area (Å²) in [5.74, 6) is -0.339. The van der Waals surface area contributed by atoms with Gasteiger partial charge in [-0.25, -0.2) is 4.39 Å². The van der Waals surface area contributed by atoms with Crippen LogP contribution in [0, 0.1) is 15.9 Å². The summed E-state index contributed by atoms with van der Waals surface area (Å²) in [5.41, 5.74) is 0.690. The quantitative estimate of drug-likeness (QED) is 0.672. The maximum atomic E-state index is 13.8. The van der Waals surface area contributed by atoms with Gasteiger partial charge in [-0.1, -0.05) is 12.1 Å². The smallest absolute Gasteiger partial charge is 0.272 e. The first-order chi connectivity index (χ1) is 10.0. The SMILES string of the molecule is CNC(C)c1cccc(Oc2ccc([N+](=O)[O-])cc2F)c1. The summed E-state index contributed by atoms with van der Waals surface area (Å²) < 4.78 is 19.2. The first-order valence-corrected chi connectivity index (χ1v) is 6.40. The zero-order valence-corrected chi connectivity index (χ0v) is 11.7. The molecular weight excluding hydrogens is 275 g/mol. The highest BCUT2D eigenvalue weighted by Gasteiger charge is 2.12. The van der Waals surface area contributed by atoms with E-state index < -0.39 is 10.7 Å². The highest BCUT2D eigenvalue weighted by Crippen LogP contribution is 2.28. The van der Waals surface area contributed by atoms with Gasteiger partial charge in [0.1, 0.15) is 5.75 Å². The molecular formula is C15H15FN2O3. The molecule has 1 atom stereocenters. The summed E-state index contributed by atoms with van der Waals surface area (Å²) in [6.07, 6.45) is 0. The number of benzene rings is 2. The van der Waals surface area contributed by atoms with Crippen LogP contribution in [0.1, 0.15) is 18.5 Å². The van der Waals surface area contributed by atoms with Gasteiger partial charge in [0, 0.05) is 12.1 Å². The van der Waals surface area contributed by atoms with E-state index in [0.29, 0.717) is 5.75 Å². The van der Waals surface area contributed by atoms with Crippen molar-refractivity contribution in [1.82, 2.24) is 5.32 Å². The van der Waals surface area contributed by atoms with E-state index in [4.69, 9.17) is 4.74 Å². The summed E-state index contributed by atoms with van der Waals surface area (Å²) >= 11 is 0. The predicted octanol–water partition coefficient (Wildman–Crippen LogP) is 3.81. The molecule has 0 spiro atoms. The average molecular weight is 290 g/mol. The average Bonchev–Trinajstić information content (AvgIpc) is 2.48. The van der Waals surface area contributed by atoms with Crippen molar-refractivity contribution >= 4 is 5.69 Å². The lowest BCUT2D eigenvalue weighted by Crippen LogP contribution is -2.12. The van der Waals surface area contributed by atoms with Gasteiger partial charge < -0.3 is 10.1 Å². The second kappa shape index (κ2) is 6.32. The Morgan fingerprint density at radius 3 is 2.67 bits per heavy atom. The summed E-state index contributed by atoms with van der Waals surface area (Å²) in [5, 5.41) is 13.7. The molecule has 0 aliphatic rings. The van der Waals surface area contributed by atoms with Gasteiger partial charge in [0.2, 0.25) is 0 Å². The molecule has 2 aromatic carbocycles. The fourth-order valence-corrected chi connectivity index (χ4v) is 1.83. The van der Waals surface area contributed by atoms with E-state index in [1.807, 2.05) is 26.1 Å². The van der Waals surface area contributed by atoms with E-state index in [1.165, 1.54) is 12.1 Å². The molecule has 5 nitrogen and oxygen atoms in total.